The van der Waals surface area contributed by atoms with Gasteiger partial charge in [0.25, 0.3) is 0 Å². The van der Waals surface area contributed by atoms with E-state index in [0.717, 1.165) is 36.6 Å². The fraction of sp³-hybridized carbons (Fsp3) is 0.481. The van der Waals surface area contributed by atoms with Crippen LogP contribution in [0.1, 0.15) is 45.6 Å². The number of sulfone groups is 1. The molecule has 2 rings (SSSR count). The maximum absolute atomic E-state index is 13.3. The molecule has 0 spiro atoms. The molecule has 0 aliphatic heterocycles. The van der Waals surface area contributed by atoms with E-state index in [0.29, 0.717) is 6.42 Å². The van der Waals surface area contributed by atoms with Gasteiger partial charge in [-0.05, 0) is 29.2 Å². The van der Waals surface area contributed by atoms with Gasteiger partial charge in [0.1, 0.15) is 18.8 Å². The Balaban J connectivity index is 2.35. The van der Waals surface area contributed by atoms with Crippen molar-refractivity contribution in [1.82, 2.24) is 5.32 Å². The molecular weight excluding hydrogens is 514 g/mol. The number of benzene rings is 2. The second kappa shape index (κ2) is 14.5. The van der Waals surface area contributed by atoms with Crippen LogP contribution >= 0.6 is 0 Å². The zero-order valence-electron chi connectivity index (χ0n) is 21.8. The monoisotopic (exact) mass is 549 g/mol. The third kappa shape index (κ3) is 10.1. The second-order valence-corrected chi connectivity index (χ2v) is 11.3. The van der Waals surface area contributed by atoms with Crippen LogP contribution in [0.5, 0.6) is 0 Å². The van der Waals surface area contributed by atoms with E-state index in [1.807, 2.05) is 37.3 Å². The molecule has 0 aliphatic carbocycles. The maximum Gasteiger partial charge on any atom is 0.326 e. The van der Waals surface area contributed by atoms with Gasteiger partial charge < -0.3 is 19.9 Å². The highest BCUT2D eigenvalue weighted by Gasteiger charge is 2.32. The van der Waals surface area contributed by atoms with Crippen LogP contribution in [0.25, 0.3) is 10.8 Å². The Morgan fingerprint density at radius 3 is 2.29 bits per heavy atom. The first-order valence-electron chi connectivity index (χ1n) is 12.4. The molecule has 0 unspecified atom stereocenters. The standard InChI is InChI=1S/C27H35NO9S/c1-4-5-13-25(27(32)33)28-26(31)22(14-21-11-8-10-20-9-6-7-12-24(20)21)16-38(34,35)17-23(37-19(3)30)15-36-18(2)29/h6-12,22-23,25H,4-5,13-17H2,1-3H3,(H,28,31)(H,32,33)/t22-,23+,25+/m1/s1. The van der Waals surface area contributed by atoms with Gasteiger partial charge in [0.2, 0.25) is 5.91 Å². The smallest absolute Gasteiger partial charge is 0.326 e. The minimum atomic E-state index is -4.04. The molecule has 38 heavy (non-hydrogen) atoms. The summed E-state index contributed by atoms with van der Waals surface area (Å²) in [7, 11) is -4.04. The largest absolute Gasteiger partial charge is 0.480 e. The molecule has 3 atom stereocenters. The van der Waals surface area contributed by atoms with Crippen LogP contribution in [-0.2, 0) is 44.9 Å². The lowest BCUT2D eigenvalue weighted by atomic mass is 9.95. The Labute approximate surface area is 222 Å². The van der Waals surface area contributed by atoms with Gasteiger partial charge in [-0.1, -0.05) is 62.2 Å². The summed E-state index contributed by atoms with van der Waals surface area (Å²) in [5.41, 5.74) is 0.732. The summed E-state index contributed by atoms with van der Waals surface area (Å²) in [4.78, 5) is 47.7. The van der Waals surface area contributed by atoms with Crippen molar-refractivity contribution in [3.05, 3.63) is 48.0 Å². The number of rotatable bonds is 15. The highest BCUT2D eigenvalue weighted by Crippen LogP contribution is 2.23. The Bertz CT molecular complexity index is 1240. The van der Waals surface area contributed by atoms with E-state index in [1.54, 1.807) is 12.1 Å². The molecule has 1 amide bonds. The number of esters is 2. The Morgan fingerprint density at radius 1 is 0.974 bits per heavy atom. The van der Waals surface area contributed by atoms with Crippen LogP contribution < -0.4 is 5.32 Å². The average Bonchev–Trinajstić information content (AvgIpc) is 2.83. The number of carbonyl (C=O) groups is 4. The number of hydrogen-bond donors (Lipinski definition) is 2. The summed E-state index contributed by atoms with van der Waals surface area (Å²) in [5.74, 6) is -5.73. The SMILES string of the molecule is CCCC[C@H](NC(=O)[C@H](Cc1cccc2ccccc12)CS(=O)(=O)C[C@H](COC(C)=O)OC(C)=O)C(=O)O. The minimum absolute atomic E-state index is 0.0364. The topological polar surface area (TPSA) is 153 Å². The van der Waals surface area contributed by atoms with Gasteiger partial charge in [0.15, 0.2) is 9.84 Å². The van der Waals surface area contributed by atoms with Crippen LogP contribution in [-0.4, -0.2) is 67.6 Å². The molecule has 0 saturated heterocycles. The van der Waals surface area contributed by atoms with Gasteiger partial charge >= 0.3 is 17.9 Å². The number of carboxylic acids is 1. The molecule has 2 N–H and O–H groups in total. The van der Waals surface area contributed by atoms with Gasteiger partial charge in [-0.15, -0.1) is 0 Å². The van der Waals surface area contributed by atoms with E-state index in [4.69, 9.17) is 9.47 Å². The predicted molar refractivity (Wildman–Crippen MR) is 141 cm³/mol. The van der Waals surface area contributed by atoms with Crippen LogP contribution in [0, 0.1) is 5.92 Å². The van der Waals surface area contributed by atoms with E-state index in [1.165, 1.54) is 0 Å². The van der Waals surface area contributed by atoms with Crippen LogP contribution in [0.4, 0.5) is 0 Å². The number of carbonyl (C=O) groups excluding carboxylic acids is 3. The van der Waals surface area contributed by atoms with Gasteiger partial charge in [-0.2, -0.15) is 0 Å². The molecule has 10 nitrogen and oxygen atoms in total. The molecule has 0 heterocycles. The number of hydrogen-bond acceptors (Lipinski definition) is 8. The summed E-state index contributed by atoms with van der Waals surface area (Å²) < 4.78 is 36.3. The van der Waals surface area contributed by atoms with E-state index in [2.05, 4.69) is 5.32 Å². The summed E-state index contributed by atoms with van der Waals surface area (Å²) >= 11 is 0. The van der Waals surface area contributed by atoms with Crippen molar-refractivity contribution in [3.8, 4) is 0 Å². The van der Waals surface area contributed by atoms with Crippen LogP contribution in [0.3, 0.4) is 0 Å². The fourth-order valence-electron chi connectivity index (χ4n) is 4.14. The number of aliphatic carboxylic acids is 1. The van der Waals surface area contributed by atoms with E-state index in [-0.39, 0.29) is 12.8 Å². The summed E-state index contributed by atoms with van der Waals surface area (Å²) in [6, 6.07) is 11.8. The van der Waals surface area contributed by atoms with E-state index < -0.39 is 69.8 Å². The zero-order valence-corrected chi connectivity index (χ0v) is 22.7. The first-order valence-corrected chi connectivity index (χ1v) is 14.2. The molecule has 0 radical (unpaired) electrons. The van der Waals surface area contributed by atoms with Crippen molar-refractivity contribution in [1.29, 1.82) is 0 Å². The van der Waals surface area contributed by atoms with Crippen LogP contribution in [0.15, 0.2) is 42.5 Å². The maximum atomic E-state index is 13.3. The number of ether oxygens (including phenoxy) is 2. The third-order valence-electron chi connectivity index (χ3n) is 5.88. The first-order chi connectivity index (χ1) is 17.9. The van der Waals surface area contributed by atoms with Crippen molar-refractivity contribution in [2.45, 2.75) is 58.6 Å². The first kappa shape index (κ1) is 30.8. The molecule has 0 bridgehead atoms. The van der Waals surface area contributed by atoms with E-state index >= 15 is 0 Å². The van der Waals surface area contributed by atoms with Crippen molar-refractivity contribution in [3.63, 3.8) is 0 Å². The van der Waals surface area contributed by atoms with Crippen molar-refractivity contribution < 1.29 is 42.2 Å². The number of nitrogens with one attached hydrogen (secondary N) is 1. The normalized spacial score (nSPS) is 13.8. The zero-order chi connectivity index (χ0) is 28.3. The molecular formula is C27H35NO9S. The molecule has 2 aromatic carbocycles. The Hall–Kier alpha value is -3.47. The molecule has 2 aromatic rings. The lowest BCUT2D eigenvalue weighted by molar-refractivity contribution is -0.154. The summed E-state index contributed by atoms with van der Waals surface area (Å²) in [6.07, 6.45) is 0.299. The molecule has 0 fully saturated rings. The van der Waals surface area contributed by atoms with Crippen molar-refractivity contribution >= 4 is 44.4 Å². The Kier molecular flexibility index (Phi) is 11.7. The molecule has 0 aliphatic rings. The quantitative estimate of drug-likeness (QED) is 0.319. The number of carboxylic acid groups (broad SMARTS) is 1. The highest BCUT2D eigenvalue weighted by atomic mass is 32.2. The second-order valence-electron chi connectivity index (χ2n) is 9.19. The number of unbranched alkanes of at least 4 members (excludes halogenated alkanes) is 1. The van der Waals surface area contributed by atoms with Gasteiger partial charge in [0, 0.05) is 13.8 Å². The highest BCUT2D eigenvalue weighted by molar-refractivity contribution is 7.91. The van der Waals surface area contributed by atoms with Crippen molar-refractivity contribution in [2.75, 3.05) is 18.1 Å². The number of fused-ring (bicyclic) bond motifs is 1. The van der Waals surface area contributed by atoms with Gasteiger partial charge in [0.05, 0.1) is 17.4 Å². The summed E-state index contributed by atoms with van der Waals surface area (Å²) in [5, 5.41) is 13.8. The molecule has 0 saturated carbocycles. The predicted octanol–water partition coefficient (Wildman–Crippen LogP) is 2.67. The molecule has 0 aromatic heterocycles. The number of amides is 1. The third-order valence-corrected chi connectivity index (χ3v) is 7.67. The van der Waals surface area contributed by atoms with Crippen molar-refractivity contribution in [2.24, 2.45) is 5.92 Å². The fourth-order valence-corrected chi connectivity index (χ4v) is 5.89. The molecule has 11 heteroatoms. The van der Waals surface area contributed by atoms with Gasteiger partial charge in [-0.25, -0.2) is 13.2 Å². The summed E-state index contributed by atoms with van der Waals surface area (Å²) in [6.45, 7) is 3.69. The van der Waals surface area contributed by atoms with Crippen LogP contribution in [0.2, 0.25) is 0 Å². The van der Waals surface area contributed by atoms with Gasteiger partial charge in [-0.3, -0.25) is 14.4 Å². The lowest BCUT2D eigenvalue weighted by Crippen LogP contribution is -2.46. The Morgan fingerprint density at radius 2 is 1.66 bits per heavy atom. The average molecular weight is 550 g/mol. The van der Waals surface area contributed by atoms with E-state index in [9.17, 15) is 32.7 Å². The molecule has 208 valence electrons. The minimum Gasteiger partial charge on any atom is -0.480 e. The lowest BCUT2D eigenvalue weighted by Gasteiger charge is -2.22.